The second kappa shape index (κ2) is 3.01. The van der Waals surface area contributed by atoms with Gasteiger partial charge in [-0.25, -0.2) is 0 Å². The zero-order chi connectivity index (χ0) is 7.72. The molecular formula is C7H11NO3. The summed E-state index contributed by atoms with van der Waals surface area (Å²) in [6.07, 6.45) is 0. The number of aromatic hydroxyl groups is 3. The van der Waals surface area contributed by atoms with Crippen molar-refractivity contribution < 1.29 is 15.3 Å². The molecule has 0 bridgehead atoms. The molecule has 0 atom stereocenters. The lowest BCUT2D eigenvalue weighted by atomic mass is 10.2. The minimum absolute atomic E-state index is 0. The third-order valence-corrected chi connectivity index (χ3v) is 1.09. The Labute approximate surface area is 64.5 Å². The number of hydrogen-bond donors (Lipinski definition) is 4. The van der Waals surface area contributed by atoms with Gasteiger partial charge < -0.3 is 21.1 Å². The fourth-order valence-electron chi connectivity index (χ4n) is 0.625. The molecule has 0 saturated heterocycles. The van der Waals surface area contributed by atoms with Crippen molar-refractivity contribution in [3.05, 3.63) is 12.1 Å². The molecule has 4 nitrogen and oxygen atoms in total. The van der Waals surface area contributed by atoms with Crippen LogP contribution >= 0.6 is 0 Å². The molecule has 0 amide bonds. The second-order valence-corrected chi connectivity index (χ2v) is 1.91. The third-order valence-electron chi connectivity index (χ3n) is 1.09. The van der Waals surface area contributed by atoms with Crippen molar-refractivity contribution in [2.24, 2.45) is 0 Å². The van der Waals surface area contributed by atoms with Crippen LogP contribution in [0, 0.1) is 0 Å². The van der Waals surface area contributed by atoms with Crippen LogP contribution in [0.4, 0.5) is 5.69 Å². The molecule has 4 heteroatoms. The highest BCUT2D eigenvalue weighted by molar-refractivity contribution is 5.58. The molecule has 0 spiro atoms. The summed E-state index contributed by atoms with van der Waals surface area (Å²) in [4.78, 5) is 0. The van der Waals surface area contributed by atoms with Crippen LogP contribution in [0.5, 0.6) is 17.2 Å². The van der Waals surface area contributed by atoms with Gasteiger partial charge in [0.2, 0.25) is 0 Å². The molecule has 0 fully saturated rings. The van der Waals surface area contributed by atoms with E-state index >= 15 is 0 Å². The minimum atomic E-state index is -0.547. The Morgan fingerprint density at radius 3 is 1.73 bits per heavy atom. The van der Waals surface area contributed by atoms with E-state index in [9.17, 15) is 0 Å². The van der Waals surface area contributed by atoms with Gasteiger partial charge in [0.1, 0.15) is 0 Å². The number of nitrogen functional groups attached to an aromatic ring is 1. The molecule has 0 aromatic heterocycles. The fraction of sp³-hybridized carbons (Fsp3) is 0.143. The number of nitrogens with two attached hydrogens (primary N) is 1. The molecule has 5 N–H and O–H groups in total. The van der Waals surface area contributed by atoms with Gasteiger partial charge in [0.15, 0.2) is 17.2 Å². The lowest BCUT2D eigenvalue weighted by molar-refractivity contribution is 0.368. The van der Waals surface area contributed by atoms with E-state index in [1.807, 2.05) is 0 Å². The first kappa shape index (κ1) is 9.42. The highest BCUT2D eigenvalue weighted by Crippen LogP contribution is 2.35. The van der Waals surface area contributed by atoms with Gasteiger partial charge in [-0.15, -0.1) is 0 Å². The van der Waals surface area contributed by atoms with E-state index < -0.39 is 17.2 Å². The Kier molecular flexibility index (Phi) is 2.57. The van der Waals surface area contributed by atoms with Gasteiger partial charge in [0.25, 0.3) is 0 Å². The van der Waals surface area contributed by atoms with Crippen LogP contribution in [0.25, 0.3) is 0 Å². The first-order valence-corrected chi connectivity index (χ1v) is 2.61. The average Bonchev–Trinajstić information content (AvgIpc) is 1.82. The van der Waals surface area contributed by atoms with Crippen LogP contribution in [0.3, 0.4) is 0 Å². The summed E-state index contributed by atoms with van der Waals surface area (Å²) < 4.78 is 0. The maximum Gasteiger partial charge on any atom is 0.200 e. The zero-order valence-electron chi connectivity index (χ0n) is 5.07. The molecule has 0 saturated carbocycles. The number of anilines is 1. The molecule has 11 heavy (non-hydrogen) atoms. The van der Waals surface area contributed by atoms with E-state index in [4.69, 9.17) is 21.1 Å². The molecule has 62 valence electrons. The molecule has 0 unspecified atom stereocenters. The number of rotatable bonds is 0. The van der Waals surface area contributed by atoms with Crippen LogP contribution in [-0.4, -0.2) is 15.3 Å². The summed E-state index contributed by atoms with van der Waals surface area (Å²) >= 11 is 0. The van der Waals surface area contributed by atoms with Gasteiger partial charge in [0.05, 0.1) is 0 Å². The number of phenolic OH excluding ortho intramolecular Hbond substituents is 3. The van der Waals surface area contributed by atoms with E-state index in [-0.39, 0.29) is 13.1 Å². The molecule has 0 aliphatic carbocycles. The van der Waals surface area contributed by atoms with Crippen molar-refractivity contribution in [3.63, 3.8) is 0 Å². The Balaban J connectivity index is 0.000001000. The molecule has 0 aliphatic rings. The Hall–Kier alpha value is -1.58. The highest BCUT2D eigenvalue weighted by atomic mass is 16.3. The number of benzene rings is 1. The standard InChI is InChI=1S/C6H7NO3.CH4/c7-3-1-4(8)6(10)5(9)2-3;/h1-2,8-10H,7H2;1H4. The predicted molar refractivity (Wildman–Crippen MR) is 42.6 cm³/mol. The molecule has 1 aromatic rings. The smallest absolute Gasteiger partial charge is 0.200 e. The van der Waals surface area contributed by atoms with Gasteiger partial charge in [-0.2, -0.15) is 0 Å². The summed E-state index contributed by atoms with van der Waals surface area (Å²) in [7, 11) is 0. The summed E-state index contributed by atoms with van der Waals surface area (Å²) in [5.41, 5.74) is 5.40. The first-order chi connectivity index (χ1) is 4.61. The normalized spacial score (nSPS) is 8.73. The largest absolute Gasteiger partial charge is 0.504 e. The van der Waals surface area contributed by atoms with Crippen LogP contribution in [0.1, 0.15) is 7.43 Å². The Bertz CT molecular complexity index is 237. The minimum Gasteiger partial charge on any atom is -0.504 e. The van der Waals surface area contributed by atoms with Gasteiger partial charge >= 0.3 is 0 Å². The predicted octanol–water partition coefficient (Wildman–Crippen LogP) is 1.02. The SMILES string of the molecule is C.Nc1cc(O)c(O)c(O)c1. The summed E-state index contributed by atoms with van der Waals surface area (Å²) in [5.74, 6) is -1.39. The lowest BCUT2D eigenvalue weighted by Gasteiger charge is -2.00. The molecule has 0 radical (unpaired) electrons. The Morgan fingerprint density at radius 2 is 1.36 bits per heavy atom. The van der Waals surface area contributed by atoms with Gasteiger partial charge in [0, 0.05) is 17.8 Å². The lowest BCUT2D eigenvalue weighted by Crippen LogP contribution is -1.83. The number of hydrogen-bond acceptors (Lipinski definition) is 4. The van der Waals surface area contributed by atoms with Crippen molar-refractivity contribution in [2.45, 2.75) is 7.43 Å². The molecule has 0 heterocycles. The number of phenols is 3. The van der Waals surface area contributed by atoms with E-state index in [0.717, 1.165) is 12.1 Å². The van der Waals surface area contributed by atoms with Crippen LogP contribution in [0.2, 0.25) is 0 Å². The van der Waals surface area contributed by atoms with E-state index in [1.165, 1.54) is 0 Å². The summed E-state index contributed by atoms with van der Waals surface area (Å²) in [5, 5.41) is 26.4. The molecule has 1 rings (SSSR count). The third kappa shape index (κ3) is 1.67. The van der Waals surface area contributed by atoms with Crippen molar-refractivity contribution in [3.8, 4) is 17.2 Å². The maximum atomic E-state index is 8.79. The van der Waals surface area contributed by atoms with Gasteiger partial charge in [-0.1, -0.05) is 7.43 Å². The summed E-state index contributed by atoms with van der Waals surface area (Å²) in [6, 6.07) is 2.30. The van der Waals surface area contributed by atoms with Crippen LogP contribution < -0.4 is 5.73 Å². The van der Waals surface area contributed by atoms with Crippen LogP contribution in [0.15, 0.2) is 12.1 Å². The van der Waals surface area contributed by atoms with E-state index in [0.29, 0.717) is 0 Å². The van der Waals surface area contributed by atoms with Crippen molar-refractivity contribution in [2.75, 3.05) is 5.73 Å². The summed E-state index contributed by atoms with van der Waals surface area (Å²) in [6.45, 7) is 0. The van der Waals surface area contributed by atoms with Gasteiger partial charge in [-0.3, -0.25) is 0 Å². The Morgan fingerprint density at radius 1 is 1.00 bits per heavy atom. The topological polar surface area (TPSA) is 86.7 Å². The maximum absolute atomic E-state index is 8.79. The first-order valence-electron chi connectivity index (χ1n) is 2.61. The molecular weight excluding hydrogens is 146 g/mol. The second-order valence-electron chi connectivity index (χ2n) is 1.91. The fourth-order valence-corrected chi connectivity index (χ4v) is 0.625. The highest BCUT2D eigenvalue weighted by Gasteiger charge is 2.04. The molecule has 0 aliphatic heterocycles. The average molecular weight is 157 g/mol. The zero-order valence-corrected chi connectivity index (χ0v) is 5.07. The van der Waals surface area contributed by atoms with E-state index in [2.05, 4.69) is 0 Å². The van der Waals surface area contributed by atoms with Gasteiger partial charge in [-0.05, 0) is 0 Å². The van der Waals surface area contributed by atoms with Crippen LogP contribution in [-0.2, 0) is 0 Å². The van der Waals surface area contributed by atoms with Crippen molar-refractivity contribution in [1.82, 2.24) is 0 Å². The monoisotopic (exact) mass is 157 g/mol. The van der Waals surface area contributed by atoms with Crippen molar-refractivity contribution in [1.29, 1.82) is 0 Å². The quantitative estimate of drug-likeness (QED) is 0.257. The van der Waals surface area contributed by atoms with E-state index in [1.54, 1.807) is 0 Å². The molecule has 1 aromatic carbocycles. The van der Waals surface area contributed by atoms with Crippen molar-refractivity contribution >= 4 is 5.69 Å².